The van der Waals surface area contributed by atoms with E-state index in [0.29, 0.717) is 5.69 Å². The first-order valence-corrected chi connectivity index (χ1v) is 7.22. The van der Waals surface area contributed by atoms with Gasteiger partial charge in [-0.3, -0.25) is 14.2 Å². The lowest BCUT2D eigenvalue weighted by molar-refractivity contribution is -0.137. The summed E-state index contributed by atoms with van der Waals surface area (Å²) in [7, 11) is -3.51. The highest BCUT2D eigenvalue weighted by atomic mass is 32.2. The number of carbonyl (C=O) groups is 1. The zero-order valence-electron chi connectivity index (χ0n) is 10.3. The SMILES string of the molecule is CC(C)n1cc(NS(=O)(=O)CCCC(=O)O)cn1. The second-order valence-corrected chi connectivity index (χ2v) is 6.06. The standard InChI is InChI=1S/C10H17N3O4S/c1-8(2)13-7-9(6-11-13)12-18(16,17)5-3-4-10(14)15/h6-8,12H,3-5H2,1-2H3,(H,14,15). The molecule has 0 aliphatic rings. The first-order chi connectivity index (χ1) is 8.30. The monoisotopic (exact) mass is 275 g/mol. The van der Waals surface area contributed by atoms with Crippen molar-refractivity contribution in [3.63, 3.8) is 0 Å². The van der Waals surface area contributed by atoms with E-state index in [-0.39, 0.29) is 24.6 Å². The van der Waals surface area contributed by atoms with E-state index >= 15 is 0 Å². The number of hydrogen-bond acceptors (Lipinski definition) is 4. The summed E-state index contributed by atoms with van der Waals surface area (Å²) in [6.07, 6.45) is 2.95. The fourth-order valence-electron chi connectivity index (χ4n) is 1.32. The Balaban J connectivity index is 2.56. The molecule has 0 unspecified atom stereocenters. The minimum Gasteiger partial charge on any atom is -0.481 e. The largest absolute Gasteiger partial charge is 0.481 e. The number of carboxylic acids is 1. The normalized spacial score (nSPS) is 11.7. The molecule has 0 radical (unpaired) electrons. The van der Waals surface area contributed by atoms with Gasteiger partial charge in [-0.15, -0.1) is 0 Å². The molecule has 1 aromatic heterocycles. The summed E-state index contributed by atoms with van der Waals surface area (Å²) in [6, 6.07) is 0.148. The molecule has 0 fully saturated rings. The summed E-state index contributed by atoms with van der Waals surface area (Å²) >= 11 is 0. The van der Waals surface area contributed by atoms with Gasteiger partial charge in [0.1, 0.15) is 0 Å². The van der Waals surface area contributed by atoms with E-state index in [9.17, 15) is 13.2 Å². The van der Waals surface area contributed by atoms with Gasteiger partial charge in [-0.05, 0) is 20.3 Å². The molecule has 0 saturated heterocycles. The van der Waals surface area contributed by atoms with Crippen LogP contribution < -0.4 is 4.72 Å². The van der Waals surface area contributed by atoms with Gasteiger partial charge in [0.25, 0.3) is 0 Å². The quantitative estimate of drug-likeness (QED) is 0.775. The van der Waals surface area contributed by atoms with Gasteiger partial charge in [-0.1, -0.05) is 0 Å². The molecule has 1 aromatic rings. The van der Waals surface area contributed by atoms with Crippen LogP contribution in [0.5, 0.6) is 0 Å². The summed E-state index contributed by atoms with van der Waals surface area (Å²) in [5, 5.41) is 12.4. The molecule has 0 aromatic carbocycles. The maximum Gasteiger partial charge on any atom is 0.303 e. The molecule has 0 saturated carbocycles. The van der Waals surface area contributed by atoms with Crippen molar-refractivity contribution in [2.75, 3.05) is 10.5 Å². The third-order valence-corrected chi connectivity index (χ3v) is 3.58. The second kappa shape index (κ2) is 5.85. The number of nitrogens with zero attached hydrogens (tertiary/aromatic N) is 2. The number of hydrogen-bond donors (Lipinski definition) is 2. The van der Waals surface area contributed by atoms with E-state index in [2.05, 4.69) is 9.82 Å². The van der Waals surface area contributed by atoms with Crippen LogP contribution in [0.3, 0.4) is 0 Å². The molecule has 0 spiro atoms. The van der Waals surface area contributed by atoms with Crippen molar-refractivity contribution >= 4 is 21.7 Å². The Morgan fingerprint density at radius 3 is 2.72 bits per heavy atom. The summed E-state index contributed by atoms with van der Waals surface area (Å²) < 4.78 is 27.2. The average Bonchev–Trinajstić information content (AvgIpc) is 2.64. The van der Waals surface area contributed by atoms with Crippen molar-refractivity contribution in [3.05, 3.63) is 12.4 Å². The highest BCUT2D eigenvalue weighted by Gasteiger charge is 2.13. The average molecular weight is 275 g/mol. The fourth-order valence-corrected chi connectivity index (χ4v) is 2.41. The van der Waals surface area contributed by atoms with E-state index in [1.54, 1.807) is 10.9 Å². The molecular weight excluding hydrogens is 258 g/mol. The zero-order valence-corrected chi connectivity index (χ0v) is 11.1. The Bertz CT molecular complexity index is 507. The lowest BCUT2D eigenvalue weighted by atomic mass is 10.3. The van der Waals surface area contributed by atoms with Crippen LogP contribution in [0, 0.1) is 0 Å². The molecule has 0 aliphatic heterocycles. The molecular formula is C10H17N3O4S. The number of rotatable bonds is 7. The Kier molecular flexibility index (Phi) is 4.71. The summed E-state index contributed by atoms with van der Waals surface area (Å²) in [6.45, 7) is 3.86. The smallest absolute Gasteiger partial charge is 0.303 e. The van der Waals surface area contributed by atoms with Gasteiger partial charge in [0, 0.05) is 18.7 Å². The van der Waals surface area contributed by atoms with Crippen LogP contribution in [-0.4, -0.2) is 35.0 Å². The van der Waals surface area contributed by atoms with Crippen molar-refractivity contribution in [2.24, 2.45) is 0 Å². The number of aliphatic carboxylic acids is 1. The third kappa shape index (κ3) is 4.74. The van der Waals surface area contributed by atoms with Crippen LogP contribution in [0.4, 0.5) is 5.69 Å². The molecule has 1 rings (SSSR count). The molecule has 102 valence electrons. The molecule has 18 heavy (non-hydrogen) atoms. The minimum absolute atomic E-state index is 0.0863. The number of sulfonamides is 1. The van der Waals surface area contributed by atoms with Crippen molar-refractivity contribution in [2.45, 2.75) is 32.7 Å². The first-order valence-electron chi connectivity index (χ1n) is 5.56. The van der Waals surface area contributed by atoms with Gasteiger partial charge in [0.2, 0.25) is 10.0 Å². The Morgan fingerprint density at radius 1 is 1.56 bits per heavy atom. The van der Waals surface area contributed by atoms with Gasteiger partial charge in [0.05, 0.1) is 17.6 Å². The topological polar surface area (TPSA) is 101 Å². The Morgan fingerprint density at radius 2 is 2.22 bits per heavy atom. The maximum absolute atomic E-state index is 11.6. The van der Waals surface area contributed by atoms with Gasteiger partial charge in [0.15, 0.2) is 0 Å². The number of anilines is 1. The molecule has 2 N–H and O–H groups in total. The first kappa shape index (κ1) is 14.5. The van der Waals surface area contributed by atoms with E-state index in [0.717, 1.165) is 0 Å². The van der Waals surface area contributed by atoms with Crippen LogP contribution in [0.1, 0.15) is 32.7 Å². The van der Waals surface area contributed by atoms with Crippen molar-refractivity contribution in [1.82, 2.24) is 9.78 Å². The van der Waals surface area contributed by atoms with E-state index in [1.165, 1.54) is 6.20 Å². The van der Waals surface area contributed by atoms with Gasteiger partial charge in [-0.2, -0.15) is 5.10 Å². The molecule has 0 amide bonds. The minimum atomic E-state index is -3.51. The highest BCUT2D eigenvalue weighted by molar-refractivity contribution is 7.92. The predicted molar refractivity (Wildman–Crippen MR) is 66.9 cm³/mol. The zero-order chi connectivity index (χ0) is 13.8. The molecule has 0 bridgehead atoms. The number of nitrogens with one attached hydrogen (secondary N) is 1. The van der Waals surface area contributed by atoms with Crippen molar-refractivity contribution in [1.29, 1.82) is 0 Å². The third-order valence-electron chi connectivity index (χ3n) is 2.21. The fraction of sp³-hybridized carbons (Fsp3) is 0.600. The molecule has 1 heterocycles. The van der Waals surface area contributed by atoms with E-state index < -0.39 is 16.0 Å². The highest BCUT2D eigenvalue weighted by Crippen LogP contribution is 2.12. The number of carboxylic acid groups (broad SMARTS) is 1. The van der Waals surface area contributed by atoms with Gasteiger partial charge in [-0.25, -0.2) is 8.42 Å². The van der Waals surface area contributed by atoms with E-state index in [1.807, 2.05) is 13.8 Å². The van der Waals surface area contributed by atoms with Crippen LogP contribution in [0.15, 0.2) is 12.4 Å². The lowest BCUT2D eigenvalue weighted by Crippen LogP contribution is -2.17. The molecule has 8 heteroatoms. The molecule has 7 nitrogen and oxygen atoms in total. The van der Waals surface area contributed by atoms with Gasteiger partial charge >= 0.3 is 5.97 Å². The lowest BCUT2D eigenvalue weighted by Gasteiger charge is -2.05. The number of aromatic nitrogens is 2. The summed E-state index contributed by atoms with van der Waals surface area (Å²) in [5.74, 6) is -1.22. The van der Waals surface area contributed by atoms with Crippen LogP contribution in [-0.2, 0) is 14.8 Å². The van der Waals surface area contributed by atoms with Crippen molar-refractivity contribution < 1.29 is 18.3 Å². The Labute approximate surface area is 106 Å². The van der Waals surface area contributed by atoms with Crippen LogP contribution in [0.2, 0.25) is 0 Å². The summed E-state index contributed by atoms with van der Waals surface area (Å²) in [4.78, 5) is 10.3. The van der Waals surface area contributed by atoms with Crippen LogP contribution >= 0.6 is 0 Å². The second-order valence-electron chi connectivity index (χ2n) is 4.22. The van der Waals surface area contributed by atoms with Gasteiger partial charge < -0.3 is 5.11 Å². The van der Waals surface area contributed by atoms with E-state index in [4.69, 9.17) is 5.11 Å². The molecule has 0 atom stereocenters. The summed E-state index contributed by atoms with van der Waals surface area (Å²) in [5.41, 5.74) is 0.388. The maximum atomic E-state index is 11.6. The van der Waals surface area contributed by atoms with Crippen LogP contribution in [0.25, 0.3) is 0 Å². The Hall–Kier alpha value is -1.57. The molecule has 0 aliphatic carbocycles. The predicted octanol–water partition coefficient (Wildman–Crippen LogP) is 1.07. The van der Waals surface area contributed by atoms with Crippen molar-refractivity contribution in [3.8, 4) is 0 Å².